The fourth-order valence-electron chi connectivity index (χ4n) is 0.820. The Morgan fingerprint density at radius 1 is 1.50 bits per heavy atom. The fourth-order valence-corrected chi connectivity index (χ4v) is 0.820. The molecule has 0 rings (SSSR count). The maximum absolute atomic E-state index is 5.34. The van der Waals surface area contributed by atoms with E-state index in [1.54, 1.807) is 0 Å². The zero-order valence-electron chi connectivity index (χ0n) is 8.01. The Labute approximate surface area is 74.9 Å². The molecule has 0 amide bonds. The lowest BCUT2D eigenvalue weighted by Crippen LogP contribution is -2.13. The molecule has 0 radical (unpaired) electrons. The van der Waals surface area contributed by atoms with Crippen molar-refractivity contribution in [3.8, 4) is 0 Å². The third-order valence-corrected chi connectivity index (χ3v) is 1.39. The molecule has 0 saturated heterocycles. The highest BCUT2D eigenvalue weighted by atomic mass is 16.7. The lowest BCUT2D eigenvalue weighted by atomic mass is 10.3. The van der Waals surface area contributed by atoms with E-state index in [9.17, 15) is 0 Å². The third kappa shape index (κ3) is 7.55. The van der Waals surface area contributed by atoms with Crippen molar-refractivity contribution in [1.82, 2.24) is 0 Å². The number of ether oxygens (including phenoxy) is 2. The van der Waals surface area contributed by atoms with Gasteiger partial charge in [0.1, 0.15) is 0 Å². The predicted octanol–water partition coefficient (Wildman–Crippen LogP) is 2.51. The fraction of sp³-hybridized carbons (Fsp3) is 0.700. The molecule has 0 spiro atoms. The quantitative estimate of drug-likeness (QED) is 0.332. The molecule has 0 aromatic carbocycles. The molecule has 0 aliphatic rings. The molecular weight excluding hydrogens is 152 g/mol. The smallest absolute Gasteiger partial charge is 0.154 e. The summed E-state index contributed by atoms with van der Waals surface area (Å²) in [5.41, 5.74) is 2.72. The van der Waals surface area contributed by atoms with Crippen LogP contribution in [0.2, 0.25) is 0 Å². The first-order valence-corrected chi connectivity index (χ1v) is 4.38. The molecular formula is C10H18O2. The summed E-state index contributed by atoms with van der Waals surface area (Å²) in [6, 6.07) is 0. The van der Waals surface area contributed by atoms with Gasteiger partial charge in [-0.2, -0.15) is 0 Å². The summed E-state index contributed by atoms with van der Waals surface area (Å²) in [5, 5.41) is 0. The molecule has 0 aliphatic carbocycles. The van der Waals surface area contributed by atoms with Crippen LogP contribution >= 0.6 is 0 Å². The van der Waals surface area contributed by atoms with Crippen LogP contribution < -0.4 is 0 Å². The van der Waals surface area contributed by atoms with Gasteiger partial charge in [0.15, 0.2) is 6.29 Å². The summed E-state index contributed by atoms with van der Waals surface area (Å²) in [7, 11) is 0. The largest absolute Gasteiger partial charge is 0.353 e. The second-order valence-corrected chi connectivity index (χ2v) is 2.44. The maximum atomic E-state index is 5.34. The van der Waals surface area contributed by atoms with E-state index in [4.69, 9.17) is 9.47 Å². The Morgan fingerprint density at radius 2 is 2.25 bits per heavy atom. The van der Waals surface area contributed by atoms with E-state index in [1.807, 2.05) is 19.9 Å². The average molecular weight is 170 g/mol. The Balaban J connectivity index is 3.13. The molecule has 2 nitrogen and oxygen atoms in total. The molecule has 0 aliphatic heterocycles. The molecule has 0 heterocycles. The molecule has 2 heteroatoms. The molecule has 70 valence electrons. The number of unbranched alkanes of at least 4 members (excludes halogenated alkanes) is 1. The Kier molecular flexibility index (Phi) is 8.14. The first kappa shape index (κ1) is 11.4. The SMILES string of the molecule is C=C=CCCCOC(C)OCC. The van der Waals surface area contributed by atoms with Gasteiger partial charge in [-0.3, -0.25) is 0 Å². The minimum atomic E-state index is -0.0808. The standard InChI is InChI=1S/C10H18O2/c1-4-6-7-8-9-12-10(3)11-5-2/h6,10H,1,5,7-9H2,2-3H3. The molecule has 0 aromatic rings. The first-order valence-electron chi connectivity index (χ1n) is 4.38. The highest BCUT2D eigenvalue weighted by Gasteiger charge is 1.97. The monoisotopic (exact) mass is 170 g/mol. The normalized spacial score (nSPS) is 12.2. The van der Waals surface area contributed by atoms with E-state index in [0.717, 1.165) is 19.4 Å². The topological polar surface area (TPSA) is 18.5 Å². The van der Waals surface area contributed by atoms with E-state index < -0.39 is 0 Å². The summed E-state index contributed by atoms with van der Waals surface area (Å²) in [6.07, 6.45) is 3.81. The Morgan fingerprint density at radius 3 is 2.83 bits per heavy atom. The van der Waals surface area contributed by atoms with Gasteiger partial charge in [0.2, 0.25) is 0 Å². The summed E-state index contributed by atoms with van der Waals surface area (Å²) >= 11 is 0. The minimum Gasteiger partial charge on any atom is -0.353 e. The van der Waals surface area contributed by atoms with Crippen LogP contribution in [-0.2, 0) is 9.47 Å². The molecule has 0 bridgehead atoms. The molecule has 1 unspecified atom stereocenters. The maximum Gasteiger partial charge on any atom is 0.154 e. The molecule has 0 saturated carbocycles. The lowest BCUT2D eigenvalue weighted by Gasteiger charge is -2.11. The summed E-state index contributed by atoms with van der Waals surface area (Å²) in [5.74, 6) is 0. The van der Waals surface area contributed by atoms with Crippen molar-refractivity contribution in [2.24, 2.45) is 0 Å². The van der Waals surface area contributed by atoms with Crippen LogP contribution in [0.1, 0.15) is 26.7 Å². The van der Waals surface area contributed by atoms with Crippen LogP contribution in [0.4, 0.5) is 0 Å². The first-order chi connectivity index (χ1) is 5.81. The highest BCUT2D eigenvalue weighted by molar-refractivity contribution is 4.74. The second kappa shape index (κ2) is 8.54. The van der Waals surface area contributed by atoms with Gasteiger partial charge in [0.05, 0.1) is 6.61 Å². The van der Waals surface area contributed by atoms with Gasteiger partial charge in [-0.15, -0.1) is 5.73 Å². The minimum absolute atomic E-state index is 0.0808. The predicted molar refractivity (Wildman–Crippen MR) is 50.0 cm³/mol. The van der Waals surface area contributed by atoms with Crippen molar-refractivity contribution in [2.75, 3.05) is 13.2 Å². The second-order valence-electron chi connectivity index (χ2n) is 2.44. The van der Waals surface area contributed by atoms with Crippen molar-refractivity contribution in [3.05, 3.63) is 18.4 Å². The Hall–Kier alpha value is -0.560. The van der Waals surface area contributed by atoms with Crippen LogP contribution in [0, 0.1) is 0 Å². The Bertz CT molecular complexity index is 137. The van der Waals surface area contributed by atoms with E-state index >= 15 is 0 Å². The summed E-state index contributed by atoms with van der Waals surface area (Å²) in [6.45, 7) is 8.78. The molecule has 12 heavy (non-hydrogen) atoms. The number of rotatable bonds is 7. The van der Waals surface area contributed by atoms with Crippen LogP contribution in [0.5, 0.6) is 0 Å². The van der Waals surface area contributed by atoms with Gasteiger partial charge in [0, 0.05) is 6.61 Å². The van der Waals surface area contributed by atoms with Gasteiger partial charge in [0.25, 0.3) is 0 Å². The molecule has 0 aromatic heterocycles. The van der Waals surface area contributed by atoms with Crippen molar-refractivity contribution in [2.45, 2.75) is 33.0 Å². The summed E-state index contributed by atoms with van der Waals surface area (Å²) < 4.78 is 10.5. The third-order valence-electron chi connectivity index (χ3n) is 1.39. The number of hydrogen-bond donors (Lipinski definition) is 0. The van der Waals surface area contributed by atoms with Gasteiger partial charge >= 0.3 is 0 Å². The highest BCUT2D eigenvalue weighted by Crippen LogP contribution is 1.97. The molecule has 0 fully saturated rings. The van der Waals surface area contributed by atoms with Crippen LogP contribution in [0.25, 0.3) is 0 Å². The van der Waals surface area contributed by atoms with E-state index in [1.165, 1.54) is 0 Å². The van der Waals surface area contributed by atoms with Crippen molar-refractivity contribution in [1.29, 1.82) is 0 Å². The number of allylic oxidation sites excluding steroid dienone is 1. The lowest BCUT2D eigenvalue weighted by molar-refractivity contribution is -0.127. The van der Waals surface area contributed by atoms with Gasteiger partial charge in [-0.05, 0) is 32.8 Å². The summed E-state index contributed by atoms with van der Waals surface area (Å²) in [4.78, 5) is 0. The average Bonchev–Trinajstić information content (AvgIpc) is 2.05. The van der Waals surface area contributed by atoms with Crippen LogP contribution in [0.3, 0.4) is 0 Å². The van der Waals surface area contributed by atoms with Gasteiger partial charge in [-0.25, -0.2) is 0 Å². The van der Waals surface area contributed by atoms with Crippen molar-refractivity contribution in [3.63, 3.8) is 0 Å². The van der Waals surface area contributed by atoms with Gasteiger partial charge < -0.3 is 9.47 Å². The van der Waals surface area contributed by atoms with E-state index in [0.29, 0.717) is 6.61 Å². The molecule has 0 N–H and O–H groups in total. The van der Waals surface area contributed by atoms with Gasteiger partial charge in [-0.1, -0.05) is 6.58 Å². The van der Waals surface area contributed by atoms with Crippen LogP contribution in [0.15, 0.2) is 18.4 Å². The van der Waals surface area contributed by atoms with Crippen LogP contribution in [-0.4, -0.2) is 19.5 Å². The number of hydrogen-bond acceptors (Lipinski definition) is 2. The molecule has 1 atom stereocenters. The zero-order valence-corrected chi connectivity index (χ0v) is 8.01. The van der Waals surface area contributed by atoms with Crippen molar-refractivity contribution >= 4 is 0 Å². The zero-order chi connectivity index (χ0) is 9.23. The van der Waals surface area contributed by atoms with Crippen molar-refractivity contribution < 1.29 is 9.47 Å². The van der Waals surface area contributed by atoms with E-state index in [-0.39, 0.29) is 6.29 Å². The van der Waals surface area contributed by atoms with E-state index in [2.05, 4.69) is 12.3 Å².